The lowest BCUT2D eigenvalue weighted by Crippen LogP contribution is -2.47. The van der Waals surface area contributed by atoms with Crippen molar-refractivity contribution >= 4 is 22.6 Å². The standard InChI is InChI=1S/C21H18N2O3/c1-3-21(25)16-9-18-19-14(8-13-6-4-5-7-17(13)22-19)10-23(18)12(2)15(16)11-26-20(21)24/h4-9,25H,2-3,10-11H2,1H3. The normalized spacial score (nSPS) is 24.2. The van der Waals surface area contributed by atoms with Crippen molar-refractivity contribution in [3.8, 4) is 0 Å². The van der Waals surface area contributed by atoms with Crippen LogP contribution in [0.1, 0.15) is 24.6 Å². The second-order valence-corrected chi connectivity index (χ2v) is 6.93. The second-order valence-electron chi connectivity index (χ2n) is 6.93. The summed E-state index contributed by atoms with van der Waals surface area (Å²) < 4.78 is 5.23. The van der Waals surface area contributed by atoms with Gasteiger partial charge in [-0.05, 0) is 24.6 Å². The number of nitrogens with zero attached hydrogens (tertiary/aromatic N) is 2. The first kappa shape index (κ1) is 15.3. The third-order valence-electron chi connectivity index (χ3n) is 5.59. The van der Waals surface area contributed by atoms with Crippen LogP contribution in [-0.4, -0.2) is 33.2 Å². The fraction of sp³-hybridized carbons (Fsp3) is 0.238. The summed E-state index contributed by atoms with van der Waals surface area (Å²) in [6.45, 7) is 6.81. The molecule has 3 aliphatic rings. The van der Waals surface area contributed by atoms with Gasteiger partial charge in [-0.3, -0.25) is 0 Å². The molecule has 0 bridgehead atoms. The predicted octanol–water partition coefficient (Wildman–Crippen LogP) is 2.91. The summed E-state index contributed by atoms with van der Waals surface area (Å²) in [4.78, 5) is 19.1. The summed E-state index contributed by atoms with van der Waals surface area (Å²) in [6, 6.07) is 10.2. The number of hydrogen-bond donors (Lipinski definition) is 1. The number of ether oxygens (including phenoxy) is 1. The number of aromatic nitrogens is 1. The Morgan fingerprint density at radius 3 is 3.00 bits per heavy atom. The molecule has 3 aliphatic heterocycles. The van der Waals surface area contributed by atoms with Gasteiger partial charge in [0, 0.05) is 27.8 Å². The van der Waals surface area contributed by atoms with E-state index in [0.717, 1.165) is 39.1 Å². The van der Waals surface area contributed by atoms with Crippen molar-refractivity contribution in [2.75, 3.05) is 6.61 Å². The minimum absolute atomic E-state index is 0.140. The van der Waals surface area contributed by atoms with Crippen molar-refractivity contribution in [3.05, 3.63) is 71.1 Å². The molecule has 0 saturated heterocycles. The topological polar surface area (TPSA) is 62.7 Å². The van der Waals surface area contributed by atoms with E-state index in [1.807, 2.05) is 24.3 Å². The number of esters is 1. The van der Waals surface area contributed by atoms with Gasteiger partial charge in [-0.1, -0.05) is 31.7 Å². The SMILES string of the molecule is C=C1C2=C(C=C3c4nc5ccccc5cc4CN13)C(O)(CC)C(=O)OC2. The van der Waals surface area contributed by atoms with Crippen molar-refractivity contribution in [2.24, 2.45) is 0 Å². The molecule has 0 spiro atoms. The number of cyclic esters (lactones) is 1. The van der Waals surface area contributed by atoms with Crippen LogP contribution in [0.5, 0.6) is 0 Å². The molecule has 5 rings (SSSR count). The first-order valence-corrected chi connectivity index (χ1v) is 8.73. The molecule has 1 unspecified atom stereocenters. The molecule has 0 aliphatic carbocycles. The van der Waals surface area contributed by atoms with Gasteiger partial charge >= 0.3 is 5.97 Å². The van der Waals surface area contributed by atoms with E-state index >= 15 is 0 Å². The van der Waals surface area contributed by atoms with Crippen LogP contribution in [0.2, 0.25) is 0 Å². The lowest BCUT2D eigenvalue weighted by molar-refractivity contribution is -0.162. The fourth-order valence-electron chi connectivity index (χ4n) is 4.05. The molecule has 5 heteroatoms. The smallest absolute Gasteiger partial charge is 0.343 e. The third kappa shape index (κ3) is 1.83. The summed E-state index contributed by atoms with van der Waals surface area (Å²) in [5.74, 6) is -0.596. The van der Waals surface area contributed by atoms with Crippen molar-refractivity contribution in [1.82, 2.24) is 9.88 Å². The molecular formula is C21H18N2O3. The molecule has 2 aromatic rings. The zero-order valence-corrected chi connectivity index (χ0v) is 14.5. The fourth-order valence-corrected chi connectivity index (χ4v) is 4.05. The minimum atomic E-state index is -1.63. The minimum Gasteiger partial charge on any atom is -0.458 e. The summed E-state index contributed by atoms with van der Waals surface area (Å²) in [5, 5.41) is 12.0. The van der Waals surface area contributed by atoms with E-state index in [1.165, 1.54) is 0 Å². The number of benzene rings is 1. The van der Waals surface area contributed by atoms with Crippen LogP contribution in [0.15, 0.2) is 59.8 Å². The van der Waals surface area contributed by atoms with E-state index in [-0.39, 0.29) is 13.0 Å². The van der Waals surface area contributed by atoms with Crippen LogP contribution in [0.25, 0.3) is 16.6 Å². The number of carbonyl (C=O) groups is 1. The quantitative estimate of drug-likeness (QED) is 0.805. The van der Waals surface area contributed by atoms with Crippen molar-refractivity contribution in [1.29, 1.82) is 0 Å². The molecule has 0 amide bonds. The number of fused-ring (bicyclic) bond motifs is 4. The maximum absolute atomic E-state index is 12.2. The molecule has 26 heavy (non-hydrogen) atoms. The average molecular weight is 346 g/mol. The molecule has 1 atom stereocenters. The van der Waals surface area contributed by atoms with Gasteiger partial charge in [0.2, 0.25) is 0 Å². The molecule has 0 radical (unpaired) electrons. The molecule has 1 aromatic heterocycles. The maximum atomic E-state index is 12.2. The maximum Gasteiger partial charge on any atom is 0.343 e. The number of aliphatic hydroxyl groups is 1. The van der Waals surface area contributed by atoms with E-state index < -0.39 is 11.6 Å². The molecule has 1 aromatic carbocycles. The highest BCUT2D eigenvalue weighted by Crippen LogP contribution is 2.46. The zero-order valence-electron chi connectivity index (χ0n) is 14.5. The highest BCUT2D eigenvalue weighted by molar-refractivity contribution is 5.91. The van der Waals surface area contributed by atoms with Crippen molar-refractivity contribution < 1.29 is 14.6 Å². The molecule has 0 saturated carbocycles. The van der Waals surface area contributed by atoms with Gasteiger partial charge in [0.1, 0.15) is 6.61 Å². The van der Waals surface area contributed by atoms with Crippen LogP contribution in [0, 0.1) is 0 Å². The summed E-state index contributed by atoms with van der Waals surface area (Å²) in [6.07, 6.45) is 2.14. The first-order valence-electron chi connectivity index (χ1n) is 8.73. The second kappa shape index (κ2) is 5.05. The van der Waals surface area contributed by atoms with Crippen LogP contribution in [0.3, 0.4) is 0 Å². The molecule has 130 valence electrons. The molecular weight excluding hydrogens is 328 g/mol. The summed E-state index contributed by atoms with van der Waals surface area (Å²) >= 11 is 0. The van der Waals surface area contributed by atoms with Gasteiger partial charge in [-0.15, -0.1) is 0 Å². The van der Waals surface area contributed by atoms with E-state index in [2.05, 4.69) is 23.6 Å². The van der Waals surface area contributed by atoms with E-state index in [4.69, 9.17) is 9.72 Å². The Hall–Kier alpha value is -2.92. The van der Waals surface area contributed by atoms with Crippen molar-refractivity contribution in [2.45, 2.75) is 25.5 Å². The summed E-state index contributed by atoms with van der Waals surface area (Å²) in [5.41, 5.74) is 4.32. The van der Waals surface area contributed by atoms with Crippen LogP contribution >= 0.6 is 0 Å². The Bertz CT molecular complexity index is 1070. The van der Waals surface area contributed by atoms with E-state index in [0.29, 0.717) is 12.1 Å². The summed E-state index contributed by atoms with van der Waals surface area (Å²) in [7, 11) is 0. The van der Waals surface area contributed by atoms with Gasteiger partial charge in [-0.2, -0.15) is 0 Å². The molecule has 1 N–H and O–H groups in total. The Morgan fingerprint density at radius 2 is 2.19 bits per heavy atom. The zero-order chi connectivity index (χ0) is 18.1. The lowest BCUT2D eigenvalue weighted by atomic mass is 9.82. The van der Waals surface area contributed by atoms with E-state index in [1.54, 1.807) is 6.92 Å². The number of hydrogen-bond acceptors (Lipinski definition) is 5. The van der Waals surface area contributed by atoms with Gasteiger partial charge in [-0.25, -0.2) is 9.78 Å². The van der Waals surface area contributed by atoms with Gasteiger partial charge in [0.25, 0.3) is 0 Å². The number of pyridine rings is 1. The molecule has 4 heterocycles. The van der Waals surface area contributed by atoms with E-state index in [9.17, 15) is 9.90 Å². The molecule has 5 nitrogen and oxygen atoms in total. The van der Waals surface area contributed by atoms with Crippen LogP contribution in [0.4, 0.5) is 0 Å². The Balaban J connectivity index is 1.73. The van der Waals surface area contributed by atoms with Crippen LogP contribution < -0.4 is 0 Å². The monoisotopic (exact) mass is 346 g/mol. The lowest BCUT2D eigenvalue weighted by Gasteiger charge is -2.39. The van der Waals surface area contributed by atoms with Gasteiger partial charge < -0.3 is 14.7 Å². The first-order chi connectivity index (χ1) is 12.5. The predicted molar refractivity (Wildman–Crippen MR) is 97.6 cm³/mol. The number of carbonyl (C=O) groups excluding carboxylic acids is 1. The van der Waals surface area contributed by atoms with Crippen LogP contribution in [-0.2, 0) is 16.1 Å². The molecule has 0 fully saturated rings. The number of rotatable bonds is 1. The van der Waals surface area contributed by atoms with Crippen molar-refractivity contribution in [3.63, 3.8) is 0 Å². The Labute approximate surface area is 150 Å². The van der Waals surface area contributed by atoms with Gasteiger partial charge in [0.05, 0.1) is 23.5 Å². The average Bonchev–Trinajstić information content (AvgIpc) is 3.01. The van der Waals surface area contributed by atoms with Gasteiger partial charge in [0.15, 0.2) is 5.60 Å². The third-order valence-corrected chi connectivity index (χ3v) is 5.59. The number of para-hydroxylation sites is 1. The highest BCUT2D eigenvalue weighted by Gasteiger charge is 2.47. The Morgan fingerprint density at radius 1 is 1.38 bits per heavy atom. The largest absolute Gasteiger partial charge is 0.458 e. The highest BCUT2D eigenvalue weighted by atomic mass is 16.6. The Kier molecular flexibility index (Phi) is 2.98.